The quantitative estimate of drug-likeness (QED) is 0.919. The highest BCUT2D eigenvalue weighted by molar-refractivity contribution is 5.94. The van der Waals surface area contributed by atoms with E-state index in [-0.39, 0.29) is 11.6 Å². The zero-order chi connectivity index (χ0) is 18.2. The Balaban J connectivity index is 1.85. The van der Waals surface area contributed by atoms with E-state index in [2.05, 4.69) is 10.4 Å². The van der Waals surface area contributed by atoms with Gasteiger partial charge in [0.25, 0.3) is 5.56 Å². The molecule has 0 saturated heterocycles. The molecule has 25 heavy (non-hydrogen) atoms. The van der Waals surface area contributed by atoms with Gasteiger partial charge in [0.05, 0.1) is 16.9 Å². The summed E-state index contributed by atoms with van der Waals surface area (Å²) in [5.74, 6) is -0.452. The van der Waals surface area contributed by atoms with Gasteiger partial charge in [-0.05, 0) is 38.0 Å². The number of carbonyl (C=O) groups excluding carboxylic acids is 1. The van der Waals surface area contributed by atoms with Crippen molar-refractivity contribution in [1.82, 2.24) is 9.78 Å². The lowest BCUT2D eigenvalue weighted by molar-refractivity contribution is -0.137. The molecule has 1 N–H and O–H groups in total. The number of carbonyl (C=O) groups is 1. The van der Waals surface area contributed by atoms with E-state index >= 15 is 0 Å². The molecule has 0 aliphatic heterocycles. The smallest absolute Gasteiger partial charge is 0.324 e. The van der Waals surface area contributed by atoms with Crippen molar-refractivity contribution in [1.29, 1.82) is 0 Å². The molecule has 0 radical (unpaired) electrons. The number of alkyl halides is 3. The van der Waals surface area contributed by atoms with Crippen molar-refractivity contribution >= 4 is 11.6 Å². The number of anilines is 1. The second kappa shape index (κ2) is 6.34. The van der Waals surface area contributed by atoms with E-state index in [0.29, 0.717) is 0 Å². The first-order valence-corrected chi connectivity index (χ1v) is 7.84. The number of hydrogen-bond acceptors (Lipinski definition) is 3. The van der Waals surface area contributed by atoms with Gasteiger partial charge in [-0.3, -0.25) is 9.59 Å². The SMILES string of the molecule is CC(C(=O)Nc1ccccc1C(F)(F)F)n1nc(C2CC2)ccc1=O. The van der Waals surface area contributed by atoms with Gasteiger partial charge in [-0.15, -0.1) is 0 Å². The fraction of sp³-hybridized carbons (Fsp3) is 0.353. The van der Waals surface area contributed by atoms with E-state index in [1.54, 1.807) is 6.07 Å². The molecule has 3 rings (SSSR count). The van der Waals surface area contributed by atoms with E-state index in [1.165, 1.54) is 31.2 Å². The number of rotatable bonds is 4. The van der Waals surface area contributed by atoms with Crippen molar-refractivity contribution in [2.24, 2.45) is 0 Å². The number of halogens is 3. The third kappa shape index (κ3) is 3.72. The monoisotopic (exact) mass is 351 g/mol. The average Bonchev–Trinajstić information content (AvgIpc) is 3.39. The lowest BCUT2D eigenvalue weighted by Gasteiger charge is -2.17. The van der Waals surface area contributed by atoms with Crippen LogP contribution in [0.25, 0.3) is 0 Å². The molecule has 0 bridgehead atoms. The Morgan fingerprint density at radius 2 is 1.92 bits per heavy atom. The van der Waals surface area contributed by atoms with Crippen LogP contribution in [0.1, 0.15) is 43.0 Å². The van der Waals surface area contributed by atoms with Gasteiger partial charge in [-0.1, -0.05) is 12.1 Å². The summed E-state index contributed by atoms with van der Waals surface area (Å²) in [5, 5.41) is 6.44. The maximum absolute atomic E-state index is 13.0. The highest BCUT2D eigenvalue weighted by Crippen LogP contribution is 2.38. The van der Waals surface area contributed by atoms with Crippen molar-refractivity contribution in [3.8, 4) is 0 Å². The third-order valence-corrected chi connectivity index (χ3v) is 4.08. The van der Waals surface area contributed by atoms with Gasteiger partial charge in [0.1, 0.15) is 6.04 Å². The Morgan fingerprint density at radius 3 is 2.56 bits per heavy atom. The van der Waals surface area contributed by atoms with Crippen LogP contribution >= 0.6 is 0 Å². The number of nitrogens with zero attached hydrogens (tertiary/aromatic N) is 2. The van der Waals surface area contributed by atoms with Crippen molar-refractivity contribution in [3.63, 3.8) is 0 Å². The predicted octanol–water partition coefficient (Wildman–Crippen LogP) is 3.34. The van der Waals surface area contributed by atoms with Gasteiger partial charge in [-0.25, -0.2) is 4.68 Å². The summed E-state index contributed by atoms with van der Waals surface area (Å²) in [7, 11) is 0. The maximum atomic E-state index is 13.0. The average molecular weight is 351 g/mol. The minimum absolute atomic E-state index is 0.285. The minimum atomic E-state index is -4.59. The summed E-state index contributed by atoms with van der Waals surface area (Å²) < 4.78 is 40.1. The van der Waals surface area contributed by atoms with Crippen molar-refractivity contribution in [3.05, 3.63) is 58.0 Å². The second-order valence-corrected chi connectivity index (χ2v) is 6.02. The first-order valence-electron chi connectivity index (χ1n) is 7.84. The van der Waals surface area contributed by atoms with Crippen LogP contribution in [-0.4, -0.2) is 15.7 Å². The lowest BCUT2D eigenvalue weighted by Crippen LogP contribution is -2.34. The van der Waals surface area contributed by atoms with Crippen LogP contribution in [0.4, 0.5) is 18.9 Å². The number of amides is 1. The summed E-state index contributed by atoms with van der Waals surface area (Å²) in [4.78, 5) is 24.3. The number of hydrogen-bond donors (Lipinski definition) is 1. The summed E-state index contributed by atoms with van der Waals surface area (Å²) in [5.41, 5.74) is -1.05. The number of para-hydroxylation sites is 1. The molecule has 1 aromatic heterocycles. The fourth-order valence-electron chi connectivity index (χ4n) is 2.50. The highest BCUT2D eigenvalue weighted by atomic mass is 19.4. The summed E-state index contributed by atoms with van der Waals surface area (Å²) in [6.45, 7) is 1.43. The van der Waals surface area contributed by atoms with Gasteiger partial charge in [0, 0.05) is 12.0 Å². The molecule has 2 aromatic rings. The van der Waals surface area contributed by atoms with Crippen LogP contribution in [0, 0.1) is 0 Å². The van der Waals surface area contributed by atoms with E-state index < -0.39 is 29.2 Å². The van der Waals surface area contributed by atoms with Crippen LogP contribution < -0.4 is 10.9 Å². The molecule has 1 heterocycles. The van der Waals surface area contributed by atoms with E-state index in [1.807, 2.05) is 0 Å². The first kappa shape index (κ1) is 17.2. The normalized spacial score (nSPS) is 15.7. The first-order chi connectivity index (χ1) is 11.8. The Hall–Kier alpha value is -2.64. The second-order valence-electron chi connectivity index (χ2n) is 6.02. The molecule has 1 amide bonds. The van der Waals surface area contributed by atoms with E-state index in [9.17, 15) is 22.8 Å². The molecule has 1 fully saturated rings. The Labute approximate surface area is 141 Å². The van der Waals surface area contributed by atoms with Gasteiger partial charge in [0.2, 0.25) is 5.91 Å². The van der Waals surface area contributed by atoms with Gasteiger partial charge >= 0.3 is 6.18 Å². The molecule has 132 valence electrons. The molecular weight excluding hydrogens is 335 g/mol. The molecular formula is C17H16F3N3O2. The van der Waals surface area contributed by atoms with Crippen molar-refractivity contribution in [2.45, 2.75) is 37.9 Å². The lowest BCUT2D eigenvalue weighted by atomic mass is 10.1. The van der Waals surface area contributed by atoms with Crippen LogP contribution in [-0.2, 0) is 11.0 Å². The molecule has 1 unspecified atom stereocenters. The van der Waals surface area contributed by atoms with E-state index in [0.717, 1.165) is 29.3 Å². The zero-order valence-electron chi connectivity index (χ0n) is 13.4. The molecule has 1 aliphatic carbocycles. The third-order valence-electron chi connectivity index (χ3n) is 4.08. The number of aromatic nitrogens is 2. The standard InChI is InChI=1S/C17H16F3N3O2/c1-10(23-15(24)9-8-13(22-23)11-6-7-11)16(25)21-14-5-3-2-4-12(14)17(18,19)20/h2-5,8-11H,6-7H2,1H3,(H,21,25). The molecule has 1 saturated carbocycles. The van der Waals surface area contributed by atoms with Crippen molar-refractivity contribution in [2.75, 3.05) is 5.32 Å². The Bertz CT molecular complexity index is 857. The molecule has 5 nitrogen and oxygen atoms in total. The number of nitrogens with one attached hydrogen (secondary N) is 1. The minimum Gasteiger partial charge on any atom is -0.324 e. The van der Waals surface area contributed by atoms with Gasteiger partial charge in [-0.2, -0.15) is 18.3 Å². The van der Waals surface area contributed by atoms with Crippen molar-refractivity contribution < 1.29 is 18.0 Å². The largest absolute Gasteiger partial charge is 0.418 e. The number of benzene rings is 1. The van der Waals surface area contributed by atoms with Gasteiger partial charge < -0.3 is 5.32 Å². The Morgan fingerprint density at radius 1 is 1.24 bits per heavy atom. The summed E-state index contributed by atoms with van der Waals surface area (Å²) in [6, 6.07) is 6.62. The zero-order valence-corrected chi connectivity index (χ0v) is 13.4. The molecule has 1 atom stereocenters. The van der Waals surface area contributed by atoms with Crippen LogP contribution in [0.2, 0.25) is 0 Å². The van der Waals surface area contributed by atoms with Crippen LogP contribution in [0.5, 0.6) is 0 Å². The predicted molar refractivity (Wildman–Crippen MR) is 85.3 cm³/mol. The molecule has 1 aromatic carbocycles. The topological polar surface area (TPSA) is 64.0 Å². The molecule has 0 spiro atoms. The summed E-state index contributed by atoms with van der Waals surface area (Å²) in [6.07, 6.45) is -2.64. The van der Waals surface area contributed by atoms with Crippen LogP contribution in [0.15, 0.2) is 41.2 Å². The fourth-order valence-corrected chi connectivity index (χ4v) is 2.50. The molecule has 8 heteroatoms. The Kier molecular flexibility index (Phi) is 4.36. The molecule has 1 aliphatic rings. The van der Waals surface area contributed by atoms with Gasteiger partial charge in [0.15, 0.2) is 0 Å². The van der Waals surface area contributed by atoms with Crippen LogP contribution in [0.3, 0.4) is 0 Å². The highest BCUT2D eigenvalue weighted by Gasteiger charge is 2.34. The summed E-state index contributed by atoms with van der Waals surface area (Å²) >= 11 is 0. The maximum Gasteiger partial charge on any atom is 0.418 e. The van der Waals surface area contributed by atoms with E-state index in [4.69, 9.17) is 0 Å².